The summed E-state index contributed by atoms with van der Waals surface area (Å²) in [6.07, 6.45) is 0. The zero-order valence-electron chi connectivity index (χ0n) is 16.2. The van der Waals surface area contributed by atoms with Crippen LogP contribution >= 0.6 is 11.6 Å². The largest absolute Gasteiger partial charge is 0.451 e. The van der Waals surface area contributed by atoms with Gasteiger partial charge in [0.15, 0.2) is 5.76 Å². The third kappa shape index (κ3) is 4.38. The molecule has 7 heteroatoms. The Morgan fingerprint density at radius 2 is 1.86 bits per heavy atom. The van der Waals surface area contributed by atoms with Gasteiger partial charge in [0.05, 0.1) is 6.54 Å². The molecule has 0 aliphatic carbocycles. The van der Waals surface area contributed by atoms with Gasteiger partial charge in [-0.2, -0.15) is 0 Å². The average Bonchev–Trinajstić information content (AvgIpc) is 3.15. The molecule has 1 saturated heterocycles. The van der Waals surface area contributed by atoms with E-state index < -0.39 is 0 Å². The molecule has 29 heavy (non-hydrogen) atoms. The van der Waals surface area contributed by atoms with Crippen LogP contribution < -0.4 is 10.2 Å². The minimum absolute atomic E-state index is 0.0495. The number of anilines is 1. The highest BCUT2D eigenvalue weighted by atomic mass is 35.5. The Labute approximate surface area is 174 Å². The molecule has 0 saturated carbocycles. The van der Waals surface area contributed by atoms with Crippen LogP contribution in [-0.2, 0) is 4.79 Å². The molecular formula is C22H22ClN3O3. The van der Waals surface area contributed by atoms with Crippen LogP contribution in [0.3, 0.4) is 0 Å². The van der Waals surface area contributed by atoms with Crippen molar-refractivity contribution in [2.75, 3.05) is 37.6 Å². The van der Waals surface area contributed by atoms with Crippen molar-refractivity contribution in [2.24, 2.45) is 0 Å². The van der Waals surface area contributed by atoms with Gasteiger partial charge in [0.25, 0.3) is 5.91 Å². The second-order valence-corrected chi connectivity index (χ2v) is 7.62. The van der Waals surface area contributed by atoms with Crippen molar-refractivity contribution in [3.63, 3.8) is 0 Å². The molecule has 6 nitrogen and oxygen atoms in total. The smallest absolute Gasteiger partial charge is 0.287 e. The number of hydrogen-bond donors (Lipinski definition) is 1. The molecule has 0 radical (unpaired) electrons. The summed E-state index contributed by atoms with van der Waals surface area (Å²) in [6, 6.07) is 15.1. The predicted octanol–water partition coefficient (Wildman–Crippen LogP) is 3.47. The summed E-state index contributed by atoms with van der Waals surface area (Å²) in [5.41, 5.74) is 2.81. The fourth-order valence-electron chi connectivity index (χ4n) is 3.52. The van der Waals surface area contributed by atoms with E-state index in [1.54, 1.807) is 11.0 Å². The van der Waals surface area contributed by atoms with Crippen molar-refractivity contribution in [3.8, 4) is 0 Å². The zero-order valence-corrected chi connectivity index (χ0v) is 16.9. The summed E-state index contributed by atoms with van der Waals surface area (Å²) in [6.45, 7) is 4.59. The number of benzene rings is 2. The van der Waals surface area contributed by atoms with Crippen LogP contribution in [0.4, 0.5) is 5.69 Å². The molecule has 3 aromatic rings. The number of nitrogens with one attached hydrogen (secondary N) is 1. The van der Waals surface area contributed by atoms with E-state index in [0.717, 1.165) is 29.7 Å². The molecule has 2 heterocycles. The van der Waals surface area contributed by atoms with Gasteiger partial charge in [-0.25, -0.2) is 0 Å². The standard InChI is InChI=1S/C22H22ClN3O3/c1-15-5-6-19-16(11-15)12-20(29-19)22(28)24-14-21(27)26-9-7-25(8-10-26)18-4-2-3-17(23)13-18/h2-6,11-13H,7-10,14H2,1H3,(H,24,28). The number of hydrogen-bond acceptors (Lipinski definition) is 4. The number of carbonyl (C=O) groups is 2. The molecule has 0 bridgehead atoms. The third-order valence-corrected chi connectivity index (χ3v) is 5.34. The Kier molecular flexibility index (Phi) is 5.45. The fraction of sp³-hybridized carbons (Fsp3) is 0.273. The number of nitrogens with zero attached hydrogens (tertiary/aromatic N) is 2. The summed E-state index contributed by atoms with van der Waals surface area (Å²) >= 11 is 6.06. The van der Waals surface area contributed by atoms with E-state index in [-0.39, 0.29) is 24.1 Å². The summed E-state index contributed by atoms with van der Waals surface area (Å²) < 4.78 is 5.58. The molecule has 1 N–H and O–H groups in total. The summed E-state index contributed by atoms with van der Waals surface area (Å²) in [5.74, 6) is -0.273. The SMILES string of the molecule is Cc1ccc2oc(C(=O)NCC(=O)N3CCN(c4cccc(Cl)c4)CC3)cc2c1. The van der Waals surface area contributed by atoms with Gasteiger partial charge < -0.3 is 19.5 Å². The molecule has 1 fully saturated rings. The number of aryl methyl sites for hydroxylation is 1. The van der Waals surface area contributed by atoms with Gasteiger partial charge in [-0.1, -0.05) is 29.3 Å². The lowest BCUT2D eigenvalue weighted by molar-refractivity contribution is -0.130. The number of rotatable bonds is 4. The molecule has 0 unspecified atom stereocenters. The van der Waals surface area contributed by atoms with Gasteiger partial charge in [-0.3, -0.25) is 9.59 Å². The quantitative estimate of drug-likeness (QED) is 0.713. The Bertz CT molecular complexity index is 1050. The number of carbonyl (C=O) groups excluding carboxylic acids is 2. The van der Waals surface area contributed by atoms with Gasteiger partial charge in [-0.05, 0) is 43.3 Å². The Morgan fingerprint density at radius 1 is 1.07 bits per heavy atom. The summed E-state index contributed by atoms with van der Waals surface area (Å²) in [7, 11) is 0. The lowest BCUT2D eigenvalue weighted by atomic mass is 10.2. The minimum atomic E-state index is -0.384. The molecule has 1 aromatic heterocycles. The van der Waals surface area contributed by atoms with Gasteiger partial charge in [0.2, 0.25) is 5.91 Å². The molecule has 150 valence electrons. The highest BCUT2D eigenvalue weighted by Gasteiger charge is 2.22. The topological polar surface area (TPSA) is 65.8 Å². The van der Waals surface area contributed by atoms with Gasteiger partial charge in [-0.15, -0.1) is 0 Å². The van der Waals surface area contributed by atoms with E-state index >= 15 is 0 Å². The van der Waals surface area contributed by atoms with Crippen molar-refractivity contribution in [2.45, 2.75) is 6.92 Å². The maximum atomic E-state index is 12.5. The summed E-state index contributed by atoms with van der Waals surface area (Å²) in [4.78, 5) is 28.8. The van der Waals surface area contributed by atoms with Crippen LogP contribution in [0, 0.1) is 6.92 Å². The van der Waals surface area contributed by atoms with Crippen molar-refractivity contribution in [3.05, 3.63) is 64.9 Å². The van der Waals surface area contributed by atoms with Crippen LogP contribution in [0.5, 0.6) is 0 Å². The molecule has 0 atom stereocenters. The van der Waals surface area contributed by atoms with Gasteiger partial charge >= 0.3 is 0 Å². The molecule has 4 rings (SSSR count). The average molecular weight is 412 g/mol. The molecule has 1 aliphatic heterocycles. The maximum Gasteiger partial charge on any atom is 0.287 e. The van der Waals surface area contributed by atoms with Crippen molar-refractivity contribution in [1.82, 2.24) is 10.2 Å². The molecule has 0 spiro atoms. The lowest BCUT2D eigenvalue weighted by Gasteiger charge is -2.36. The molecule has 2 amide bonds. The normalized spacial score (nSPS) is 14.3. The first-order valence-electron chi connectivity index (χ1n) is 9.56. The summed E-state index contributed by atoms with van der Waals surface area (Å²) in [5, 5.41) is 4.24. The highest BCUT2D eigenvalue weighted by Crippen LogP contribution is 2.21. The zero-order chi connectivity index (χ0) is 20.4. The van der Waals surface area contributed by atoms with E-state index in [1.165, 1.54) is 0 Å². The number of fused-ring (bicyclic) bond motifs is 1. The van der Waals surface area contributed by atoms with Crippen LogP contribution in [-0.4, -0.2) is 49.4 Å². The number of halogens is 1. The number of piperazine rings is 1. The molecular weight excluding hydrogens is 390 g/mol. The van der Waals surface area contributed by atoms with E-state index in [9.17, 15) is 9.59 Å². The minimum Gasteiger partial charge on any atom is -0.451 e. The molecule has 1 aliphatic rings. The van der Waals surface area contributed by atoms with Crippen LogP contribution in [0.1, 0.15) is 16.1 Å². The van der Waals surface area contributed by atoms with Crippen LogP contribution in [0.25, 0.3) is 11.0 Å². The first kappa shape index (κ1) is 19.3. The Morgan fingerprint density at radius 3 is 2.62 bits per heavy atom. The first-order valence-corrected chi connectivity index (χ1v) is 9.94. The fourth-order valence-corrected chi connectivity index (χ4v) is 3.70. The van der Waals surface area contributed by atoms with Crippen molar-refractivity contribution in [1.29, 1.82) is 0 Å². The maximum absolute atomic E-state index is 12.5. The second kappa shape index (κ2) is 8.17. The highest BCUT2D eigenvalue weighted by molar-refractivity contribution is 6.30. The van der Waals surface area contributed by atoms with Crippen LogP contribution in [0.15, 0.2) is 52.9 Å². The van der Waals surface area contributed by atoms with E-state index in [0.29, 0.717) is 23.7 Å². The van der Waals surface area contributed by atoms with E-state index in [4.69, 9.17) is 16.0 Å². The van der Waals surface area contributed by atoms with Gasteiger partial charge in [0.1, 0.15) is 5.58 Å². The van der Waals surface area contributed by atoms with E-state index in [1.807, 2.05) is 49.4 Å². The third-order valence-electron chi connectivity index (χ3n) is 5.10. The van der Waals surface area contributed by atoms with Crippen molar-refractivity contribution < 1.29 is 14.0 Å². The second-order valence-electron chi connectivity index (χ2n) is 7.18. The number of furan rings is 1. The van der Waals surface area contributed by atoms with Gasteiger partial charge in [0, 0.05) is 42.3 Å². The van der Waals surface area contributed by atoms with Crippen molar-refractivity contribution >= 4 is 40.1 Å². The van der Waals surface area contributed by atoms with E-state index in [2.05, 4.69) is 10.2 Å². The Balaban J connectivity index is 1.30. The van der Waals surface area contributed by atoms with Crippen LogP contribution in [0.2, 0.25) is 5.02 Å². The number of amides is 2. The molecule has 2 aromatic carbocycles. The first-order chi connectivity index (χ1) is 14.0. The predicted molar refractivity (Wildman–Crippen MR) is 114 cm³/mol. The Hall–Kier alpha value is -2.99. The lowest BCUT2D eigenvalue weighted by Crippen LogP contribution is -2.51. The monoisotopic (exact) mass is 411 g/mol.